The summed E-state index contributed by atoms with van der Waals surface area (Å²) in [7, 11) is -28.1. The summed E-state index contributed by atoms with van der Waals surface area (Å²) in [6.07, 6.45) is 0. The first-order valence-corrected chi connectivity index (χ1v) is 12.2. The molecular weight excluding hydrogens is 1390 g/mol. The van der Waals surface area contributed by atoms with Crippen molar-refractivity contribution in [3.63, 3.8) is 0 Å². The molecular formula is Ba4Li4O20Si5Sr4. The predicted octanol–water partition coefficient (Wildman–Crippen LogP) is -40.7. The molecule has 0 amide bonds. The normalized spacial score (nSPS) is 8.11. The van der Waals surface area contributed by atoms with E-state index in [9.17, 15) is 0 Å². The van der Waals surface area contributed by atoms with Crippen LogP contribution >= 0.6 is 0 Å². The fourth-order valence-electron chi connectivity index (χ4n) is 0. The van der Waals surface area contributed by atoms with Crippen LogP contribution < -0.4 is 171 Å². The van der Waals surface area contributed by atoms with Gasteiger partial charge in [-0.2, -0.15) is 0 Å². The van der Waals surface area contributed by atoms with Crippen LogP contribution in [0.1, 0.15) is 0 Å². The minimum Gasteiger partial charge on any atom is -0.894 e. The molecule has 0 N–H and O–H groups in total. The van der Waals surface area contributed by atoms with Crippen LogP contribution in [0.2, 0.25) is 0 Å². The van der Waals surface area contributed by atoms with Crippen LogP contribution in [0.15, 0.2) is 0 Å². The van der Waals surface area contributed by atoms with Crippen molar-refractivity contribution in [2.45, 2.75) is 0 Å². The zero-order valence-electron chi connectivity index (χ0n) is 20.3. The van der Waals surface area contributed by atoms with Crippen LogP contribution in [0.25, 0.3) is 0 Å². The van der Waals surface area contributed by atoms with Crippen molar-refractivity contribution < 1.29 is 171 Å². The average Bonchev–Trinajstić information content (AvgIpc) is 1.79. The van der Waals surface area contributed by atoms with Gasteiger partial charge in [-0.3, -0.25) is 0 Å². The quantitative estimate of drug-likeness (QED) is 0.203. The smallest absolute Gasteiger partial charge is 0.894 e. The first-order valence-electron chi connectivity index (χ1n) is 4.08. The molecule has 0 saturated carbocycles. The average molecular weight is 1390 g/mol. The van der Waals surface area contributed by atoms with Crippen LogP contribution in [-0.2, 0) is 0 Å². The molecule has 0 aromatic rings. The standard InChI is InChI=1S/4Ba.4Li.5O4Si.4Sr/c;;;;;;;;5*1-5(2,3)4;;;;/q4*+2;4*+1;5*-4;4*+2. The first kappa shape index (κ1) is 110. The summed E-state index contributed by atoms with van der Waals surface area (Å²) in [5.41, 5.74) is 0. The molecule has 160 valence electrons. The SMILES string of the molecule is [Ba+2].[Ba+2].[Ba+2].[Ba+2].[Li+].[Li+].[Li+].[Li+].[O-][Si]([O-])([O-])[O-].[O-][Si]([O-])([O-])[O-].[O-][Si]([O-])([O-])[O-].[O-][Si]([O-])([O-])[O-].[O-][Si]([O-])([O-])[O-].[Sr+2].[Sr+2].[Sr+2].[Sr+2]. The van der Waals surface area contributed by atoms with Crippen molar-refractivity contribution in [2.24, 2.45) is 0 Å². The van der Waals surface area contributed by atoms with E-state index in [1.54, 1.807) is 0 Å². The van der Waals surface area contributed by atoms with Crippen LogP contribution in [0.4, 0.5) is 0 Å². The van der Waals surface area contributed by atoms with Gasteiger partial charge in [-0.1, -0.05) is 0 Å². The van der Waals surface area contributed by atoms with Crippen molar-refractivity contribution in [1.29, 1.82) is 0 Å². The summed E-state index contributed by atoms with van der Waals surface area (Å²) < 4.78 is 0. The molecule has 0 aromatic carbocycles. The maximum Gasteiger partial charge on any atom is 2.00 e. The van der Waals surface area contributed by atoms with Gasteiger partial charge in [0.25, 0.3) is 0 Å². The van der Waals surface area contributed by atoms with E-state index in [-0.39, 0.29) is 453 Å². The molecule has 0 aliphatic heterocycles. The van der Waals surface area contributed by atoms with E-state index in [0.29, 0.717) is 0 Å². The fraction of sp³-hybridized carbons (Fsp3) is 0. The molecule has 0 saturated heterocycles. The van der Waals surface area contributed by atoms with E-state index in [1.165, 1.54) is 0 Å². The molecule has 0 radical (unpaired) electrons. The molecule has 0 unspecified atom stereocenters. The third-order valence-corrected chi connectivity index (χ3v) is 0. The molecule has 37 heteroatoms. The zero-order valence-corrected chi connectivity index (χ0v) is 57.0. The molecule has 0 spiro atoms. The van der Waals surface area contributed by atoms with Crippen molar-refractivity contribution >= 4 is 423 Å². The van der Waals surface area contributed by atoms with E-state index in [4.69, 9.17) is 95.9 Å². The maximum absolute atomic E-state index is 8.58. The monoisotopic (exact) mass is 1390 g/mol. The minimum atomic E-state index is -5.61. The van der Waals surface area contributed by atoms with E-state index >= 15 is 0 Å². The summed E-state index contributed by atoms with van der Waals surface area (Å²) in [5, 5.41) is 0. The molecule has 0 rings (SSSR count). The summed E-state index contributed by atoms with van der Waals surface area (Å²) in [4.78, 5) is 172. The Morgan fingerprint density at radius 2 is 0.189 bits per heavy atom. The summed E-state index contributed by atoms with van der Waals surface area (Å²) in [6, 6.07) is 0. The maximum atomic E-state index is 8.58. The Labute approximate surface area is 575 Å². The van der Waals surface area contributed by atoms with Gasteiger partial charge in [0.2, 0.25) is 0 Å². The molecule has 0 aliphatic rings. The Bertz CT molecular complexity index is 218. The van der Waals surface area contributed by atoms with E-state index < -0.39 is 45.2 Å². The van der Waals surface area contributed by atoms with E-state index in [1.807, 2.05) is 0 Å². The second-order valence-electron chi connectivity index (χ2n) is 2.50. The van der Waals surface area contributed by atoms with Crippen molar-refractivity contribution in [3.05, 3.63) is 0 Å². The Morgan fingerprint density at radius 1 is 0.189 bits per heavy atom. The van der Waals surface area contributed by atoms with Crippen LogP contribution in [-0.4, -0.2) is 423 Å². The van der Waals surface area contributed by atoms with Crippen molar-refractivity contribution in [2.75, 3.05) is 0 Å². The molecule has 0 atom stereocenters. The minimum absolute atomic E-state index is 0. The van der Waals surface area contributed by atoms with Gasteiger partial charge in [-0.05, 0) is 0 Å². The van der Waals surface area contributed by atoms with Gasteiger partial charge in [0.1, 0.15) is 0 Å². The van der Waals surface area contributed by atoms with Gasteiger partial charge in [0, 0.05) is 0 Å². The van der Waals surface area contributed by atoms with Crippen LogP contribution in [0.3, 0.4) is 0 Å². The van der Waals surface area contributed by atoms with Gasteiger partial charge >= 0.3 is 453 Å². The van der Waals surface area contributed by atoms with Gasteiger partial charge in [-0.15, -0.1) is 0 Å². The summed E-state index contributed by atoms with van der Waals surface area (Å²) in [6.45, 7) is 0. The third kappa shape index (κ3) is 549. The molecule has 37 heavy (non-hydrogen) atoms. The molecule has 0 bridgehead atoms. The second-order valence-corrected chi connectivity index (χ2v) is 7.50. The van der Waals surface area contributed by atoms with Gasteiger partial charge in [-0.25, -0.2) is 0 Å². The van der Waals surface area contributed by atoms with Crippen molar-refractivity contribution in [1.82, 2.24) is 0 Å². The van der Waals surface area contributed by atoms with E-state index in [2.05, 4.69) is 0 Å². The molecule has 0 fully saturated rings. The first-order chi connectivity index (χ1) is 10.0. The fourth-order valence-corrected chi connectivity index (χ4v) is 0. The zero-order chi connectivity index (χ0) is 22.5. The summed E-state index contributed by atoms with van der Waals surface area (Å²) in [5.74, 6) is 0. The Morgan fingerprint density at radius 3 is 0.189 bits per heavy atom. The van der Waals surface area contributed by atoms with Crippen LogP contribution in [0, 0.1) is 0 Å². The molecule has 0 aromatic heterocycles. The summed E-state index contributed by atoms with van der Waals surface area (Å²) >= 11 is 0. The second kappa shape index (κ2) is 62.9. The Kier molecular flexibility index (Phi) is 188. The molecule has 0 heterocycles. The van der Waals surface area contributed by atoms with E-state index in [0.717, 1.165) is 0 Å². The number of hydrogen-bond donors (Lipinski definition) is 0. The van der Waals surface area contributed by atoms with Crippen molar-refractivity contribution in [3.8, 4) is 0 Å². The topological polar surface area (TPSA) is 461 Å². The Balaban J connectivity index is -0.00000000833. The van der Waals surface area contributed by atoms with Gasteiger partial charge in [0.15, 0.2) is 0 Å². The largest absolute Gasteiger partial charge is 2.00 e. The third-order valence-electron chi connectivity index (χ3n) is 0. The van der Waals surface area contributed by atoms with Gasteiger partial charge < -0.3 is 141 Å². The Hall–Kier alpha value is 14.9. The molecule has 0 aliphatic carbocycles. The predicted molar refractivity (Wildman–Crippen MR) is 74.8 cm³/mol. The number of hydrogen-bond acceptors (Lipinski definition) is 20. The number of rotatable bonds is 0. The van der Waals surface area contributed by atoms with Gasteiger partial charge in [0.05, 0.1) is 0 Å². The molecule has 20 nitrogen and oxygen atoms in total. The van der Waals surface area contributed by atoms with Crippen LogP contribution in [0.5, 0.6) is 0 Å².